The van der Waals surface area contributed by atoms with E-state index in [0.29, 0.717) is 0 Å². The van der Waals surface area contributed by atoms with Crippen molar-refractivity contribution in [3.8, 4) is 0 Å². The number of halogens is 1. The Labute approximate surface area is 105 Å². The molecule has 1 saturated heterocycles. The number of nitrogens with one attached hydrogen (secondary N) is 1. The summed E-state index contributed by atoms with van der Waals surface area (Å²) in [6, 6.07) is 0. The molecule has 0 aromatic heterocycles. The number of hydrogen-bond donors (Lipinski definition) is 1. The molecule has 0 saturated carbocycles. The van der Waals surface area contributed by atoms with E-state index in [4.69, 9.17) is 11.6 Å². The fourth-order valence-corrected chi connectivity index (χ4v) is 2.45. The molecule has 3 heteroatoms. The Kier molecular flexibility index (Phi) is 6.40. The summed E-state index contributed by atoms with van der Waals surface area (Å²) in [4.78, 5) is 2.42. The monoisotopic (exact) mass is 244 g/mol. The normalized spacial score (nSPS) is 22.6. The van der Waals surface area contributed by atoms with Gasteiger partial charge in [0.05, 0.1) is 0 Å². The van der Waals surface area contributed by atoms with Crippen LogP contribution in [0.5, 0.6) is 0 Å². The van der Waals surface area contributed by atoms with Crippen molar-refractivity contribution in [2.45, 2.75) is 26.7 Å². The van der Waals surface area contributed by atoms with E-state index in [2.05, 4.69) is 30.6 Å². The van der Waals surface area contributed by atoms with Gasteiger partial charge in [0, 0.05) is 18.1 Å². The predicted molar refractivity (Wildman–Crippen MR) is 71.9 cm³/mol. The Morgan fingerprint density at radius 2 is 2.31 bits per heavy atom. The maximum atomic E-state index is 5.85. The minimum absolute atomic E-state index is 0.738. The molecule has 1 unspecified atom stereocenters. The molecule has 1 aliphatic rings. The highest BCUT2D eigenvalue weighted by Crippen LogP contribution is 2.17. The van der Waals surface area contributed by atoms with Crippen LogP contribution >= 0.6 is 11.6 Å². The zero-order valence-electron chi connectivity index (χ0n) is 10.6. The van der Waals surface area contributed by atoms with E-state index >= 15 is 0 Å². The molecule has 2 nitrogen and oxygen atoms in total. The first-order chi connectivity index (χ1) is 7.58. The van der Waals surface area contributed by atoms with Crippen molar-refractivity contribution >= 4 is 11.6 Å². The van der Waals surface area contributed by atoms with Crippen LogP contribution < -0.4 is 5.32 Å². The molecule has 0 aliphatic carbocycles. The second-order valence-corrected chi connectivity index (χ2v) is 5.85. The van der Waals surface area contributed by atoms with Crippen molar-refractivity contribution in [2.75, 3.05) is 32.7 Å². The first-order valence-electron chi connectivity index (χ1n) is 6.34. The maximum Gasteiger partial charge on any atom is 0.0335 e. The molecule has 1 N–H and O–H groups in total. The molecule has 1 fully saturated rings. The van der Waals surface area contributed by atoms with E-state index in [1.54, 1.807) is 0 Å². The average Bonchev–Trinajstić information content (AvgIpc) is 2.16. The molecule has 1 heterocycles. The van der Waals surface area contributed by atoms with Gasteiger partial charge in [0.25, 0.3) is 0 Å². The Bertz CT molecular complexity index is 216. The van der Waals surface area contributed by atoms with Crippen LogP contribution in [0.15, 0.2) is 11.6 Å². The Morgan fingerprint density at radius 3 is 2.94 bits per heavy atom. The summed E-state index contributed by atoms with van der Waals surface area (Å²) in [7, 11) is 0. The van der Waals surface area contributed by atoms with Gasteiger partial charge in [0.1, 0.15) is 0 Å². The van der Waals surface area contributed by atoms with E-state index in [1.807, 2.05) is 0 Å². The number of likely N-dealkylation sites (tertiary alicyclic amines) is 1. The number of rotatable bonds is 6. The van der Waals surface area contributed by atoms with E-state index in [-0.39, 0.29) is 0 Å². The second-order valence-electron chi connectivity index (χ2n) is 5.31. The van der Waals surface area contributed by atoms with Gasteiger partial charge in [0.2, 0.25) is 0 Å². The molecule has 0 bridgehead atoms. The van der Waals surface area contributed by atoms with Gasteiger partial charge in [-0.15, -0.1) is 0 Å². The van der Waals surface area contributed by atoms with Crippen molar-refractivity contribution in [1.29, 1.82) is 0 Å². The molecule has 94 valence electrons. The van der Waals surface area contributed by atoms with Gasteiger partial charge in [-0.1, -0.05) is 32.0 Å². The number of hydrogen-bond acceptors (Lipinski definition) is 2. The van der Waals surface area contributed by atoms with Crippen LogP contribution in [-0.2, 0) is 0 Å². The summed E-state index contributed by atoms with van der Waals surface area (Å²) in [6.07, 6.45) is 2.63. The van der Waals surface area contributed by atoms with E-state index < -0.39 is 0 Å². The molecule has 0 radical (unpaired) electrons. The van der Waals surface area contributed by atoms with Crippen LogP contribution in [0, 0.1) is 11.8 Å². The molecular formula is C13H25ClN2. The van der Waals surface area contributed by atoms with Crippen LogP contribution in [0.25, 0.3) is 0 Å². The van der Waals surface area contributed by atoms with Gasteiger partial charge in [-0.2, -0.15) is 0 Å². The lowest BCUT2D eigenvalue weighted by molar-refractivity contribution is 0.186. The molecule has 0 aromatic rings. The number of piperidine rings is 1. The summed E-state index contributed by atoms with van der Waals surface area (Å²) in [6.45, 7) is 13.7. The quantitative estimate of drug-likeness (QED) is 0.773. The lowest BCUT2D eigenvalue weighted by atomic mass is 9.98. The largest absolute Gasteiger partial charge is 0.316 e. The number of nitrogens with zero attached hydrogens (tertiary/aromatic N) is 1. The van der Waals surface area contributed by atoms with Gasteiger partial charge in [-0.25, -0.2) is 0 Å². The highest BCUT2D eigenvalue weighted by molar-refractivity contribution is 6.29. The Morgan fingerprint density at radius 1 is 1.56 bits per heavy atom. The standard InChI is InChI=1S/C13H25ClN2/c1-11(2)7-15-8-13-5-4-6-16(10-13)9-12(3)14/h11,13,15H,3-10H2,1-2H3. The lowest BCUT2D eigenvalue weighted by Crippen LogP contribution is -2.40. The SMILES string of the molecule is C=C(Cl)CN1CCCC(CNCC(C)C)C1. The average molecular weight is 245 g/mol. The summed E-state index contributed by atoms with van der Waals surface area (Å²) in [5.74, 6) is 1.52. The molecule has 0 spiro atoms. The van der Waals surface area contributed by atoms with Gasteiger partial charge >= 0.3 is 0 Å². The third-order valence-corrected chi connectivity index (χ3v) is 3.10. The van der Waals surface area contributed by atoms with Crippen LogP contribution in [0.2, 0.25) is 0 Å². The summed E-state index contributed by atoms with van der Waals surface area (Å²) in [5, 5.41) is 4.31. The van der Waals surface area contributed by atoms with E-state index in [0.717, 1.165) is 43.0 Å². The van der Waals surface area contributed by atoms with Gasteiger partial charge in [-0.3, -0.25) is 4.90 Å². The molecule has 16 heavy (non-hydrogen) atoms. The Balaban J connectivity index is 2.19. The molecule has 0 aromatic carbocycles. The maximum absolute atomic E-state index is 5.85. The minimum atomic E-state index is 0.738. The van der Waals surface area contributed by atoms with Crippen LogP contribution in [0.1, 0.15) is 26.7 Å². The third-order valence-electron chi connectivity index (χ3n) is 2.98. The van der Waals surface area contributed by atoms with Gasteiger partial charge in [-0.05, 0) is 44.3 Å². The zero-order valence-corrected chi connectivity index (χ0v) is 11.4. The minimum Gasteiger partial charge on any atom is -0.316 e. The van der Waals surface area contributed by atoms with Crippen LogP contribution in [0.3, 0.4) is 0 Å². The zero-order chi connectivity index (χ0) is 12.0. The third kappa shape index (κ3) is 5.88. The predicted octanol–water partition coefficient (Wildman–Crippen LogP) is 2.70. The highest BCUT2D eigenvalue weighted by atomic mass is 35.5. The van der Waals surface area contributed by atoms with Gasteiger partial charge < -0.3 is 5.32 Å². The van der Waals surface area contributed by atoms with Crippen molar-refractivity contribution < 1.29 is 0 Å². The topological polar surface area (TPSA) is 15.3 Å². The molecule has 0 amide bonds. The molecule has 1 atom stereocenters. The van der Waals surface area contributed by atoms with Crippen LogP contribution in [0.4, 0.5) is 0 Å². The molecular weight excluding hydrogens is 220 g/mol. The smallest absolute Gasteiger partial charge is 0.0335 e. The molecule has 1 aliphatic heterocycles. The lowest BCUT2D eigenvalue weighted by Gasteiger charge is -2.32. The Hall–Kier alpha value is -0.0500. The van der Waals surface area contributed by atoms with Gasteiger partial charge in [0.15, 0.2) is 0 Å². The fraction of sp³-hybridized carbons (Fsp3) is 0.846. The first kappa shape index (κ1) is 14.0. The van der Waals surface area contributed by atoms with Crippen molar-refractivity contribution in [3.63, 3.8) is 0 Å². The fourth-order valence-electron chi connectivity index (χ4n) is 2.28. The summed E-state index contributed by atoms with van der Waals surface area (Å²) < 4.78 is 0. The summed E-state index contributed by atoms with van der Waals surface area (Å²) in [5.41, 5.74) is 0. The first-order valence-corrected chi connectivity index (χ1v) is 6.72. The van der Waals surface area contributed by atoms with E-state index in [9.17, 15) is 0 Å². The van der Waals surface area contributed by atoms with Crippen molar-refractivity contribution in [2.24, 2.45) is 11.8 Å². The highest BCUT2D eigenvalue weighted by Gasteiger charge is 2.19. The van der Waals surface area contributed by atoms with Crippen LogP contribution in [-0.4, -0.2) is 37.6 Å². The van der Waals surface area contributed by atoms with Crippen molar-refractivity contribution in [1.82, 2.24) is 10.2 Å². The summed E-state index contributed by atoms with van der Waals surface area (Å²) >= 11 is 5.85. The molecule has 1 rings (SSSR count). The van der Waals surface area contributed by atoms with E-state index in [1.165, 1.54) is 19.4 Å². The second kappa shape index (κ2) is 7.31. The van der Waals surface area contributed by atoms with Crippen molar-refractivity contribution in [3.05, 3.63) is 11.6 Å².